The van der Waals surface area contributed by atoms with Crippen LogP contribution in [0.5, 0.6) is 0 Å². The van der Waals surface area contributed by atoms with Gasteiger partial charge in [-0.05, 0) is 124 Å². The van der Waals surface area contributed by atoms with E-state index in [9.17, 15) is 4.79 Å². The summed E-state index contributed by atoms with van der Waals surface area (Å²) in [5.74, 6) is 2.07. The van der Waals surface area contributed by atoms with E-state index in [1.165, 1.54) is 70.8 Å². The van der Waals surface area contributed by atoms with Crippen LogP contribution in [0.1, 0.15) is 120 Å². The monoisotopic (exact) mass is 483 g/mol. The molecule has 0 aromatic carbocycles. The highest BCUT2D eigenvalue weighted by atomic mass is 16.5. The third kappa shape index (κ3) is 3.71. The lowest BCUT2D eigenvalue weighted by molar-refractivity contribution is -0.198. The van der Waals surface area contributed by atoms with E-state index in [2.05, 4.69) is 59.9 Å². The van der Waals surface area contributed by atoms with Crippen molar-refractivity contribution in [3.63, 3.8) is 0 Å². The number of carbonyl (C=O) groups excluding carboxylic acids is 1. The zero-order valence-corrected chi connectivity index (χ0v) is 24.1. The van der Waals surface area contributed by atoms with Crippen LogP contribution >= 0.6 is 0 Å². The fourth-order valence-electron chi connectivity index (χ4n) is 10.9. The third-order valence-electron chi connectivity index (χ3n) is 12.9. The number of rotatable bonds is 2. The Balaban J connectivity index is 1.55. The first kappa shape index (κ1) is 25.8. The molecule has 0 bridgehead atoms. The van der Waals surface area contributed by atoms with Gasteiger partial charge in [0.2, 0.25) is 0 Å². The Morgan fingerprint density at radius 3 is 2.31 bits per heavy atom. The van der Waals surface area contributed by atoms with Crippen molar-refractivity contribution in [2.24, 2.45) is 44.8 Å². The molecule has 35 heavy (non-hydrogen) atoms. The minimum Gasteiger partial charge on any atom is -0.465 e. The fraction of sp³-hybridized carbons (Fsp3) is 0.906. The number of nitrogens with one attached hydrogen (secondary N) is 1. The molecule has 0 spiro atoms. The summed E-state index contributed by atoms with van der Waals surface area (Å²) < 4.78 is 5.79. The molecule has 0 aromatic rings. The maximum absolute atomic E-state index is 11.9. The molecule has 198 valence electrons. The number of allylic oxidation sites excluding steroid dienone is 1. The van der Waals surface area contributed by atoms with E-state index in [4.69, 9.17) is 4.74 Å². The number of fused-ring (bicyclic) bond motifs is 7. The van der Waals surface area contributed by atoms with E-state index in [0.29, 0.717) is 28.8 Å². The molecule has 3 nitrogen and oxygen atoms in total. The number of carbonyl (C=O) groups is 1. The fourth-order valence-corrected chi connectivity index (χ4v) is 10.9. The van der Waals surface area contributed by atoms with Crippen molar-refractivity contribution in [2.45, 2.75) is 125 Å². The van der Waals surface area contributed by atoms with Gasteiger partial charge in [0, 0.05) is 17.9 Å². The summed E-state index contributed by atoms with van der Waals surface area (Å²) >= 11 is 0. The van der Waals surface area contributed by atoms with Crippen LogP contribution in [0.3, 0.4) is 0 Å². The molecular weight excluding hydrogens is 430 g/mol. The molecule has 5 aliphatic rings. The van der Waals surface area contributed by atoms with Gasteiger partial charge in [-0.25, -0.2) is 0 Å². The van der Waals surface area contributed by atoms with Crippen LogP contribution < -0.4 is 5.32 Å². The molecule has 1 N–H and O–H groups in total. The molecule has 3 saturated carbocycles. The molecule has 0 unspecified atom stereocenters. The van der Waals surface area contributed by atoms with Gasteiger partial charge in [0.05, 0.1) is 0 Å². The molecule has 1 saturated heterocycles. The SMILES string of the molecule is CC(=O)OC[C@]12CCC(C)(C)C=C1[C@H]1CC[C@@H]3[C@@]4(C)CCCNC(C)(C)[C@@H]4CC[C@@]3(C)[C@]1(C)CC2. The molecule has 0 amide bonds. The van der Waals surface area contributed by atoms with Crippen LogP contribution in [0, 0.1) is 44.8 Å². The summed E-state index contributed by atoms with van der Waals surface area (Å²) in [5.41, 5.74) is 3.34. The highest BCUT2D eigenvalue weighted by Gasteiger charge is 2.68. The number of ether oxygens (including phenoxy) is 1. The van der Waals surface area contributed by atoms with Crippen molar-refractivity contribution in [1.82, 2.24) is 5.32 Å². The lowest BCUT2D eigenvalue weighted by atomic mass is 9.34. The predicted octanol–water partition coefficient (Wildman–Crippen LogP) is 7.69. The minimum atomic E-state index is -0.122. The first-order chi connectivity index (χ1) is 16.2. The maximum Gasteiger partial charge on any atom is 0.302 e. The Bertz CT molecular complexity index is 903. The second kappa shape index (κ2) is 8.08. The summed E-state index contributed by atoms with van der Waals surface area (Å²) in [6.07, 6.45) is 15.6. The van der Waals surface area contributed by atoms with Crippen molar-refractivity contribution < 1.29 is 9.53 Å². The van der Waals surface area contributed by atoms with E-state index in [1.54, 1.807) is 12.5 Å². The van der Waals surface area contributed by atoms with Crippen LogP contribution in [0.15, 0.2) is 11.6 Å². The Labute approximate surface area is 215 Å². The standard InChI is InChI=1S/C32H53NO2/c1-22(34)35-21-32-17-15-27(2,3)20-24(32)23-10-11-26-29(6)13-9-19-33-28(4,5)25(29)12-14-31(26,8)30(23,7)16-18-32/h20,23,25-26,33H,9-19,21H2,1-8H3/t23-,25+,26-,29+,30-,31-,32-/m1/s1. The van der Waals surface area contributed by atoms with Gasteiger partial charge < -0.3 is 10.1 Å². The molecule has 4 fully saturated rings. The van der Waals surface area contributed by atoms with Crippen LogP contribution in [0.4, 0.5) is 0 Å². The topological polar surface area (TPSA) is 38.3 Å². The van der Waals surface area contributed by atoms with Crippen molar-refractivity contribution in [3.8, 4) is 0 Å². The first-order valence-corrected chi connectivity index (χ1v) is 14.8. The van der Waals surface area contributed by atoms with E-state index >= 15 is 0 Å². The second-order valence-electron chi connectivity index (χ2n) is 15.5. The molecule has 0 aromatic heterocycles. The third-order valence-corrected chi connectivity index (χ3v) is 12.9. The Morgan fingerprint density at radius 2 is 1.60 bits per heavy atom. The van der Waals surface area contributed by atoms with Gasteiger partial charge in [-0.15, -0.1) is 0 Å². The van der Waals surface area contributed by atoms with E-state index < -0.39 is 0 Å². The molecular formula is C32H53NO2. The Kier molecular flexibility index (Phi) is 5.96. The predicted molar refractivity (Wildman–Crippen MR) is 144 cm³/mol. The lowest BCUT2D eigenvalue weighted by Gasteiger charge is -2.71. The van der Waals surface area contributed by atoms with Crippen molar-refractivity contribution >= 4 is 5.97 Å². The molecule has 3 heteroatoms. The smallest absolute Gasteiger partial charge is 0.302 e. The molecule has 0 radical (unpaired) electrons. The number of hydrogen-bond donors (Lipinski definition) is 1. The highest BCUT2D eigenvalue weighted by molar-refractivity contribution is 5.66. The summed E-state index contributed by atoms with van der Waals surface area (Å²) in [6.45, 7) is 21.2. The molecule has 1 heterocycles. The van der Waals surface area contributed by atoms with Crippen LogP contribution in [0.2, 0.25) is 0 Å². The average Bonchev–Trinajstić information content (AvgIpc) is 2.88. The Morgan fingerprint density at radius 1 is 0.886 bits per heavy atom. The Hall–Kier alpha value is -0.830. The summed E-state index contributed by atoms with van der Waals surface area (Å²) in [7, 11) is 0. The van der Waals surface area contributed by atoms with E-state index in [1.807, 2.05) is 0 Å². The summed E-state index contributed by atoms with van der Waals surface area (Å²) in [6, 6.07) is 0. The first-order valence-electron chi connectivity index (χ1n) is 14.8. The zero-order chi connectivity index (χ0) is 25.5. The summed E-state index contributed by atoms with van der Waals surface area (Å²) in [5, 5.41) is 3.94. The number of hydrogen-bond acceptors (Lipinski definition) is 3. The van der Waals surface area contributed by atoms with Crippen molar-refractivity contribution in [1.29, 1.82) is 0 Å². The van der Waals surface area contributed by atoms with Crippen molar-refractivity contribution in [3.05, 3.63) is 11.6 Å². The van der Waals surface area contributed by atoms with Gasteiger partial charge in [0.25, 0.3) is 0 Å². The van der Waals surface area contributed by atoms with Gasteiger partial charge in [-0.1, -0.05) is 46.3 Å². The van der Waals surface area contributed by atoms with Gasteiger partial charge in [-0.2, -0.15) is 0 Å². The number of esters is 1. The average molecular weight is 484 g/mol. The highest BCUT2D eigenvalue weighted by Crippen LogP contribution is 2.75. The quantitative estimate of drug-likeness (QED) is 0.323. The van der Waals surface area contributed by atoms with E-state index in [-0.39, 0.29) is 22.3 Å². The largest absolute Gasteiger partial charge is 0.465 e. The van der Waals surface area contributed by atoms with Gasteiger partial charge >= 0.3 is 5.97 Å². The van der Waals surface area contributed by atoms with Crippen LogP contribution in [-0.4, -0.2) is 24.7 Å². The molecule has 5 rings (SSSR count). The van der Waals surface area contributed by atoms with Gasteiger partial charge in [0.1, 0.15) is 6.61 Å². The maximum atomic E-state index is 11.9. The van der Waals surface area contributed by atoms with Crippen molar-refractivity contribution in [2.75, 3.05) is 13.2 Å². The molecule has 1 aliphatic heterocycles. The van der Waals surface area contributed by atoms with Gasteiger partial charge in [-0.3, -0.25) is 4.79 Å². The summed E-state index contributed by atoms with van der Waals surface area (Å²) in [4.78, 5) is 11.9. The van der Waals surface area contributed by atoms with Crippen LogP contribution in [-0.2, 0) is 9.53 Å². The molecule has 4 aliphatic carbocycles. The van der Waals surface area contributed by atoms with Gasteiger partial charge in [0.15, 0.2) is 0 Å². The van der Waals surface area contributed by atoms with Crippen LogP contribution in [0.25, 0.3) is 0 Å². The zero-order valence-electron chi connectivity index (χ0n) is 24.1. The van der Waals surface area contributed by atoms with E-state index in [0.717, 1.165) is 11.8 Å². The second-order valence-corrected chi connectivity index (χ2v) is 15.5. The molecule has 7 atom stereocenters. The minimum absolute atomic E-state index is 0.0733. The lowest BCUT2D eigenvalue weighted by Crippen LogP contribution is -2.65. The normalized spacial score (nSPS) is 48.2.